The van der Waals surface area contributed by atoms with E-state index >= 15 is 0 Å². The fraction of sp³-hybridized carbons (Fsp3) is 0.929. The molecule has 0 radical (unpaired) electrons. The smallest absolute Gasteiger partial charge is 0.308 e. The lowest BCUT2D eigenvalue weighted by molar-refractivity contribution is -0.145. The molecular weight excluding hydrogens is 228 g/mol. The van der Waals surface area contributed by atoms with Crippen molar-refractivity contribution < 1.29 is 9.90 Å². The SMILES string of the molecule is CCCCN1CC(C(=O)O)C2(CCN(C)CC2)C1. The monoisotopic (exact) mass is 254 g/mol. The van der Waals surface area contributed by atoms with E-state index in [1.54, 1.807) is 0 Å². The van der Waals surface area contributed by atoms with Gasteiger partial charge in [0.15, 0.2) is 0 Å². The average Bonchev–Trinajstić information content (AvgIpc) is 2.70. The molecule has 2 aliphatic heterocycles. The molecule has 1 spiro atoms. The lowest BCUT2D eigenvalue weighted by Crippen LogP contribution is -2.44. The standard InChI is InChI=1S/C14H26N2O2/c1-3-4-7-16-10-12(13(17)18)14(11-16)5-8-15(2)9-6-14/h12H,3-11H2,1-2H3,(H,17,18). The van der Waals surface area contributed by atoms with Crippen molar-refractivity contribution in [3.8, 4) is 0 Å². The molecule has 0 saturated carbocycles. The third kappa shape index (κ3) is 2.69. The van der Waals surface area contributed by atoms with Crippen LogP contribution in [0.4, 0.5) is 0 Å². The summed E-state index contributed by atoms with van der Waals surface area (Å²) in [7, 11) is 2.13. The molecule has 0 amide bonds. The minimum absolute atomic E-state index is 0.0477. The van der Waals surface area contributed by atoms with Gasteiger partial charge in [-0.1, -0.05) is 13.3 Å². The van der Waals surface area contributed by atoms with Crippen molar-refractivity contribution in [2.75, 3.05) is 39.8 Å². The maximum atomic E-state index is 11.5. The van der Waals surface area contributed by atoms with Crippen molar-refractivity contribution in [2.45, 2.75) is 32.6 Å². The highest BCUT2D eigenvalue weighted by Crippen LogP contribution is 2.44. The number of hydrogen-bond acceptors (Lipinski definition) is 3. The van der Waals surface area contributed by atoms with Gasteiger partial charge in [-0.2, -0.15) is 0 Å². The van der Waals surface area contributed by atoms with Crippen LogP contribution in [0.3, 0.4) is 0 Å². The third-order valence-corrected chi connectivity index (χ3v) is 4.83. The van der Waals surface area contributed by atoms with Crippen molar-refractivity contribution in [3.63, 3.8) is 0 Å². The van der Waals surface area contributed by atoms with Crippen LogP contribution in [0, 0.1) is 11.3 Å². The van der Waals surface area contributed by atoms with Gasteiger partial charge in [-0.3, -0.25) is 4.79 Å². The van der Waals surface area contributed by atoms with Crippen LogP contribution in [-0.4, -0.2) is 60.6 Å². The van der Waals surface area contributed by atoms with E-state index in [0.717, 1.165) is 45.6 Å². The number of unbranched alkanes of at least 4 members (excludes halogenated alkanes) is 1. The Kier molecular flexibility index (Phi) is 4.28. The summed E-state index contributed by atoms with van der Waals surface area (Å²) in [5, 5.41) is 9.50. The molecule has 0 aliphatic carbocycles. The number of carboxylic acid groups (broad SMARTS) is 1. The highest BCUT2D eigenvalue weighted by Gasteiger charge is 2.50. The van der Waals surface area contributed by atoms with Gasteiger partial charge >= 0.3 is 5.97 Å². The van der Waals surface area contributed by atoms with Crippen molar-refractivity contribution in [1.29, 1.82) is 0 Å². The first-order valence-corrected chi connectivity index (χ1v) is 7.21. The summed E-state index contributed by atoms with van der Waals surface area (Å²) >= 11 is 0. The van der Waals surface area contributed by atoms with Gasteiger partial charge in [0.2, 0.25) is 0 Å². The van der Waals surface area contributed by atoms with Crippen LogP contribution in [0.2, 0.25) is 0 Å². The summed E-state index contributed by atoms with van der Waals surface area (Å²) in [6, 6.07) is 0. The molecule has 0 bridgehead atoms. The van der Waals surface area contributed by atoms with Crippen molar-refractivity contribution >= 4 is 5.97 Å². The van der Waals surface area contributed by atoms with Gasteiger partial charge in [0.1, 0.15) is 0 Å². The van der Waals surface area contributed by atoms with Crippen LogP contribution < -0.4 is 0 Å². The highest BCUT2D eigenvalue weighted by molar-refractivity contribution is 5.72. The number of carbonyl (C=O) groups is 1. The van der Waals surface area contributed by atoms with Crippen LogP contribution in [0.15, 0.2) is 0 Å². The van der Waals surface area contributed by atoms with E-state index in [-0.39, 0.29) is 11.3 Å². The molecule has 1 unspecified atom stereocenters. The van der Waals surface area contributed by atoms with Gasteiger partial charge in [0.25, 0.3) is 0 Å². The summed E-state index contributed by atoms with van der Waals surface area (Å²) < 4.78 is 0. The number of aliphatic carboxylic acids is 1. The molecule has 2 saturated heterocycles. The van der Waals surface area contributed by atoms with Crippen LogP contribution in [0.25, 0.3) is 0 Å². The molecule has 0 aromatic carbocycles. The maximum absolute atomic E-state index is 11.5. The average molecular weight is 254 g/mol. The van der Waals surface area contributed by atoms with Gasteiger partial charge in [-0.15, -0.1) is 0 Å². The first-order chi connectivity index (χ1) is 8.57. The number of piperidine rings is 1. The molecule has 1 atom stereocenters. The topological polar surface area (TPSA) is 43.8 Å². The number of hydrogen-bond donors (Lipinski definition) is 1. The minimum Gasteiger partial charge on any atom is -0.481 e. The zero-order valence-corrected chi connectivity index (χ0v) is 11.7. The highest BCUT2D eigenvalue weighted by atomic mass is 16.4. The van der Waals surface area contributed by atoms with Crippen molar-refractivity contribution in [3.05, 3.63) is 0 Å². The Morgan fingerprint density at radius 3 is 2.61 bits per heavy atom. The molecule has 0 aromatic rings. The van der Waals surface area contributed by atoms with Crippen LogP contribution >= 0.6 is 0 Å². The molecule has 18 heavy (non-hydrogen) atoms. The lowest BCUT2D eigenvalue weighted by Gasteiger charge is -2.40. The maximum Gasteiger partial charge on any atom is 0.308 e. The Balaban J connectivity index is 2.04. The molecule has 2 aliphatic rings. The zero-order valence-electron chi connectivity index (χ0n) is 11.7. The zero-order chi connectivity index (χ0) is 13.2. The molecule has 1 N–H and O–H groups in total. The number of likely N-dealkylation sites (tertiary alicyclic amines) is 2. The van der Waals surface area contributed by atoms with Gasteiger partial charge in [-0.05, 0) is 45.9 Å². The summed E-state index contributed by atoms with van der Waals surface area (Å²) in [6.45, 7) is 7.11. The second-order valence-electron chi connectivity index (χ2n) is 6.15. The predicted molar refractivity (Wildman–Crippen MR) is 71.6 cm³/mol. The molecule has 2 heterocycles. The number of carboxylic acids is 1. The number of rotatable bonds is 4. The molecule has 2 rings (SSSR count). The van der Waals surface area contributed by atoms with E-state index in [2.05, 4.69) is 23.8 Å². The van der Waals surface area contributed by atoms with E-state index in [1.807, 2.05) is 0 Å². The molecule has 2 fully saturated rings. The van der Waals surface area contributed by atoms with Crippen molar-refractivity contribution in [1.82, 2.24) is 9.80 Å². The first kappa shape index (κ1) is 13.8. The van der Waals surface area contributed by atoms with E-state index in [0.29, 0.717) is 0 Å². The predicted octanol–water partition coefficient (Wildman–Crippen LogP) is 1.51. The molecule has 4 nitrogen and oxygen atoms in total. The van der Waals surface area contributed by atoms with Crippen LogP contribution in [-0.2, 0) is 4.79 Å². The van der Waals surface area contributed by atoms with E-state index in [4.69, 9.17) is 0 Å². The second-order valence-corrected chi connectivity index (χ2v) is 6.15. The summed E-state index contributed by atoms with van der Waals surface area (Å²) in [5.41, 5.74) is 0.0477. The fourth-order valence-corrected chi connectivity index (χ4v) is 3.53. The Morgan fingerprint density at radius 2 is 2.06 bits per heavy atom. The van der Waals surface area contributed by atoms with Crippen molar-refractivity contribution in [2.24, 2.45) is 11.3 Å². The summed E-state index contributed by atoms with van der Waals surface area (Å²) in [6.07, 6.45) is 4.46. The van der Waals surface area contributed by atoms with E-state index in [1.165, 1.54) is 12.8 Å². The Morgan fingerprint density at radius 1 is 1.39 bits per heavy atom. The van der Waals surface area contributed by atoms with E-state index < -0.39 is 5.97 Å². The van der Waals surface area contributed by atoms with Gasteiger partial charge in [-0.25, -0.2) is 0 Å². The van der Waals surface area contributed by atoms with Gasteiger partial charge in [0, 0.05) is 18.5 Å². The van der Waals surface area contributed by atoms with Crippen LogP contribution in [0.1, 0.15) is 32.6 Å². The minimum atomic E-state index is -0.585. The first-order valence-electron chi connectivity index (χ1n) is 7.21. The van der Waals surface area contributed by atoms with E-state index in [9.17, 15) is 9.90 Å². The third-order valence-electron chi connectivity index (χ3n) is 4.83. The van der Waals surface area contributed by atoms with Crippen LogP contribution in [0.5, 0.6) is 0 Å². The van der Waals surface area contributed by atoms with Gasteiger partial charge in [0.05, 0.1) is 5.92 Å². The Hall–Kier alpha value is -0.610. The number of nitrogens with zero attached hydrogens (tertiary/aromatic N) is 2. The molecule has 104 valence electrons. The normalized spacial score (nSPS) is 28.9. The fourth-order valence-electron chi connectivity index (χ4n) is 3.53. The Labute approximate surface area is 110 Å². The lowest BCUT2D eigenvalue weighted by atomic mass is 9.71. The summed E-state index contributed by atoms with van der Waals surface area (Å²) in [4.78, 5) is 16.2. The molecular formula is C14H26N2O2. The quantitative estimate of drug-likeness (QED) is 0.826. The summed E-state index contributed by atoms with van der Waals surface area (Å²) in [5.74, 6) is -0.735. The molecule has 4 heteroatoms. The largest absolute Gasteiger partial charge is 0.481 e. The molecule has 0 aromatic heterocycles. The van der Waals surface area contributed by atoms with Gasteiger partial charge < -0.3 is 14.9 Å². The second kappa shape index (κ2) is 5.57. The Bertz CT molecular complexity index is 298.